The summed E-state index contributed by atoms with van der Waals surface area (Å²) >= 11 is 0. The molecule has 0 aromatic rings. The van der Waals surface area contributed by atoms with Crippen molar-refractivity contribution in [1.82, 2.24) is 0 Å². The molecule has 0 aromatic heterocycles. The van der Waals surface area contributed by atoms with E-state index in [9.17, 15) is 0 Å². The van der Waals surface area contributed by atoms with E-state index in [1.807, 2.05) is 6.08 Å². The molecule has 8 heavy (non-hydrogen) atoms. The van der Waals surface area contributed by atoms with E-state index in [0.717, 1.165) is 0 Å². The summed E-state index contributed by atoms with van der Waals surface area (Å²) in [5, 5.41) is 0. The van der Waals surface area contributed by atoms with Crippen LogP contribution in [0.15, 0.2) is 24.3 Å². The Labute approximate surface area is 51.9 Å². The molecule has 0 aliphatic heterocycles. The summed E-state index contributed by atoms with van der Waals surface area (Å²) in [6.07, 6.45) is 4.07. The van der Waals surface area contributed by atoms with E-state index in [2.05, 4.69) is 33.4 Å². The molecular formula is C8H14. The van der Waals surface area contributed by atoms with Crippen molar-refractivity contribution >= 4 is 0 Å². The summed E-state index contributed by atoms with van der Waals surface area (Å²) < 4.78 is 0. The third kappa shape index (κ3) is 1.97. The molecule has 0 N–H and O–H groups in total. The second-order valence-electron chi connectivity index (χ2n) is 2.06. The minimum Gasteiger partial charge on any atom is -0.102 e. The van der Waals surface area contributed by atoms with Crippen molar-refractivity contribution in [2.45, 2.75) is 20.8 Å². The molecule has 0 saturated heterocycles. The Morgan fingerprint density at radius 3 is 2.25 bits per heavy atom. The summed E-state index contributed by atoms with van der Waals surface area (Å²) in [6.45, 7) is 10.00. The van der Waals surface area contributed by atoms with Gasteiger partial charge in [0.25, 0.3) is 0 Å². The third-order valence-electron chi connectivity index (χ3n) is 1.53. The molecule has 0 aliphatic carbocycles. The van der Waals surface area contributed by atoms with Crippen LogP contribution in [0.1, 0.15) is 20.8 Å². The standard InChI is InChI=1S/C8H14/c1-5-7(3)8(4)6-2/h5-7H,1H2,2-4H3/b8-6-. The summed E-state index contributed by atoms with van der Waals surface area (Å²) in [7, 11) is 0. The molecule has 0 nitrogen and oxygen atoms in total. The van der Waals surface area contributed by atoms with Gasteiger partial charge in [0.05, 0.1) is 0 Å². The monoisotopic (exact) mass is 110 g/mol. The van der Waals surface area contributed by atoms with E-state index >= 15 is 0 Å². The minimum absolute atomic E-state index is 0.542. The fraction of sp³-hybridized carbons (Fsp3) is 0.500. The van der Waals surface area contributed by atoms with Crippen molar-refractivity contribution in [3.8, 4) is 0 Å². The first-order chi connectivity index (χ1) is 3.72. The first kappa shape index (κ1) is 7.48. The van der Waals surface area contributed by atoms with Crippen LogP contribution in [0.3, 0.4) is 0 Å². The lowest BCUT2D eigenvalue weighted by molar-refractivity contribution is 0.862. The zero-order valence-corrected chi connectivity index (χ0v) is 5.94. The van der Waals surface area contributed by atoms with Crippen LogP contribution in [-0.2, 0) is 0 Å². The van der Waals surface area contributed by atoms with E-state index in [4.69, 9.17) is 0 Å². The molecule has 0 aromatic carbocycles. The van der Waals surface area contributed by atoms with E-state index in [1.54, 1.807) is 0 Å². The highest BCUT2D eigenvalue weighted by molar-refractivity contribution is 5.06. The van der Waals surface area contributed by atoms with Gasteiger partial charge in [0, 0.05) is 0 Å². The summed E-state index contributed by atoms with van der Waals surface area (Å²) in [5.41, 5.74) is 1.39. The molecule has 0 fully saturated rings. The molecule has 0 saturated carbocycles. The van der Waals surface area contributed by atoms with Gasteiger partial charge in [-0.1, -0.05) is 24.6 Å². The maximum atomic E-state index is 3.69. The van der Waals surface area contributed by atoms with Gasteiger partial charge in [-0.15, -0.1) is 6.58 Å². The van der Waals surface area contributed by atoms with Gasteiger partial charge in [-0.3, -0.25) is 0 Å². The topological polar surface area (TPSA) is 0 Å². The number of allylic oxidation sites excluding steroid dienone is 3. The Balaban J connectivity index is 3.81. The molecule has 46 valence electrons. The maximum Gasteiger partial charge on any atom is -0.00572 e. The third-order valence-corrected chi connectivity index (χ3v) is 1.53. The number of hydrogen-bond acceptors (Lipinski definition) is 0. The van der Waals surface area contributed by atoms with Crippen molar-refractivity contribution in [3.05, 3.63) is 24.3 Å². The van der Waals surface area contributed by atoms with Crippen LogP contribution in [0.4, 0.5) is 0 Å². The van der Waals surface area contributed by atoms with E-state index in [0.29, 0.717) is 5.92 Å². The van der Waals surface area contributed by atoms with E-state index in [-0.39, 0.29) is 0 Å². The highest BCUT2D eigenvalue weighted by Gasteiger charge is 1.93. The van der Waals surface area contributed by atoms with Gasteiger partial charge in [0.15, 0.2) is 0 Å². The average Bonchev–Trinajstić information content (AvgIpc) is 1.84. The molecule has 1 unspecified atom stereocenters. The van der Waals surface area contributed by atoms with Crippen LogP contribution in [0.25, 0.3) is 0 Å². The number of hydrogen-bond donors (Lipinski definition) is 0. The Kier molecular flexibility index (Phi) is 3.25. The molecule has 0 spiro atoms. The Hall–Kier alpha value is -0.520. The lowest BCUT2D eigenvalue weighted by Crippen LogP contribution is -1.88. The number of rotatable bonds is 2. The van der Waals surface area contributed by atoms with Crippen molar-refractivity contribution in [1.29, 1.82) is 0 Å². The Morgan fingerprint density at radius 2 is 2.12 bits per heavy atom. The van der Waals surface area contributed by atoms with Crippen molar-refractivity contribution < 1.29 is 0 Å². The average molecular weight is 110 g/mol. The molecule has 0 heterocycles. The molecule has 0 aliphatic rings. The largest absolute Gasteiger partial charge is 0.102 e. The van der Waals surface area contributed by atoms with Crippen LogP contribution in [-0.4, -0.2) is 0 Å². The van der Waals surface area contributed by atoms with Crippen LogP contribution < -0.4 is 0 Å². The molecule has 0 radical (unpaired) electrons. The van der Waals surface area contributed by atoms with Gasteiger partial charge in [0.1, 0.15) is 0 Å². The summed E-state index contributed by atoms with van der Waals surface area (Å²) in [5.74, 6) is 0.542. The van der Waals surface area contributed by atoms with Crippen molar-refractivity contribution in [3.63, 3.8) is 0 Å². The van der Waals surface area contributed by atoms with Gasteiger partial charge in [-0.25, -0.2) is 0 Å². The highest BCUT2D eigenvalue weighted by Crippen LogP contribution is 2.08. The predicted octanol–water partition coefficient (Wildman–Crippen LogP) is 2.77. The highest BCUT2D eigenvalue weighted by atomic mass is 14.0. The quantitative estimate of drug-likeness (QED) is 0.479. The first-order valence-electron chi connectivity index (χ1n) is 2.97. The Morgan fingerprint density at radius 1 is 1.62 bits per heavy atom. The SMILES string of the molecule is C=CC(C)/C(C)=C\C. The normalized spacial score (nSPS) is 15.6. The smallest absolute Gasteiger partial charge is 0.00572 e. The maximum absolute atomic E-state index is 3.69. The van der Waals surface area contributed by atoms with Crippen molar-refractivity contribution in [2.24, 2.45) is 5.92 Å². The molecule has 0 amide bonds. The lowest BCUT2D eigenvalue weighted by atomic mass is 10.0. The van der Waals surface area contributed by atoms with Crippen LogP contribution in [0.5, 0.6) is 0 Å². The molecule has 0 heteroatoms. The zero-order valence-electron chi connectivity index (χ0n) is 5.94. The fourth-order valence-corrected chi connectivity index (χ4v) is 0.449. The van der Waals surface area contributed by atoms with E-state index in [1.165, 1.54) is 5.57 Å². The van der Waals surface area contributed by atoms with Crippen LogP contribution in [0, 0.1) is 5.92 Å². The second-order valence-corrected chi connectivity index (χ2v) is 2.06. The molecule has 0 rings (SSSR count). The Bertz CT molecular complexity index is 98.6. The molecule has 0 bridgehead atoms. The summed E-state index contributed by atoms with van der Waals surface area (Å²) in [4.78, 5) is 0. The minimum atomic E-state index is 0.542. The predicted molar refractivity (Wildman–Crippen MR) is 38.8 cm³/mol. The zero-order chi connectivity index (χ0) is 6.57. The van der Waals surface area contributed by atoms with Gasteiger partial charge >= 0.3 is 0 Å². The van der Waals surface area contributed by atoms with Crippen LogP contribution >= 0.6 is 0 Å². The first-order valence-corrected chi connectivity index (χ1v) is 2.97. The van der Waals surface area contributed by atoms with Gasteiger partial charge in [0.2, 0.25) is 0 Å². The molecule has 1 atom stereocenters. The van der Waals surface area contributed by atoms with Gasteiger partial charge < -0.3 is 0 Å². The van der Waals surface area contributed by atoms with E-state index < -0.39 is 0 Å². The lowest BCUT2D eigenvalue weighted by Gasteiger charge is -2.02. The van der Waals surface area contributed by atoms with Gasteiger partial charge in [-0.05, 0) is 19.8 Å². The van der Waals surface area contributed by atoms with Crippen molar-refractivity contribution in [2.75, 3.05) is 0 Å². The summed E-state index contributed by atoms with van der Waals surface area (Å²) in [6, 6.07) is 0. The molecular weight excluding hydrogens is 96.1 g/mol. The second kappa shape index (κ2) is 3.48. The fourth-order valence-electron chi connectivity index (χ4n) is 0.449. The van der Waals surface area contributed by atoms with Crippen LogP contribution in [0.2, 0.25) is 0 Å². The van der Waals surface area contributed by atoms with Gasteiger partial charge in [-0.2, -0.15) is 0 Å².